The lowest BCUT2D eigenvalue weighted by molar-refractivity contribution is 0.0689. The Hall–Kier alpha value is -2.07. The Morgan fingerprint density at radius 2 is 1.88 bits per heavy atom. The highest BCUT2D eigenvalue weighted by Gasteiger charge is 2.06. The summed E-state index contributed by atoms with van der Waals surface area (Å²) in [5.41, 5.74) is -0.0588. The molecule has 0 unspecified atom stereocenters. The molecule has 0 saturated carbocycles. The molecule has 0 aliphatic heterocycles. The number of pyridine rings is 1. The van der Waals surface area contributed by atoms with E-state index in [0.717, 1.165) is 0 Å². The van der Waals surface area contributed by atoms with Crippen molar-refractivity contribution >= 4 is 17.6 Å². The van der Waals surface area contributed by atoms with Gasteiger partial charge in [-0.25, -0.2) is 9.78 Å². The van der Waals surface area contributed by atoms with E-state index in [9.17, 15) is 4.79 Å². The lowest BCUT2D eigenvalue weighted by atomic mass is 10.3. The van der Waals surface area contributed by atoms with Gasteiger partial charge in [-0.15, -0.1) is 0 Å². The second-order valence-corrected chi connectivity index (χ2v) is 3.66. The summed E-state index contributed by atoms with van der Waals surface area (Å²) in [7, 11) is 0. The molecule has 86 valence electrons. The SMILES string of the molecule is O=C(O)c1cccc(Oc2ccc(Cl)cc2)n1. The average Bonchev–Trinajstić information content (AvgIpc) is 2.32. The summed E-state index contributed by atoms with van der Waals surface area (Å²) < 4.78 is 5.39. The van der Waals surface area contributed by atoms with Crippen LogP contribution in [0.15, 0.2) is 42.5 Å². The van der Waals surface area contributed by atoms with Crippen molar-refractivity contribution in [3.63, 3.8) is 0 Å². The van der Waals surface area contributed by atoms with Crippen molar-refractivity contribution < 1.29 is 14.6 Å². The number of aromatic carboxylic acids is 1. The predicted octanol–water partition coefficient (Wildman–Crippen LogP) is 3.23. The molecule has 17 heavy (non-hydrogen) atoms. The predicted molar refractivity (Wildman–Crippen MR) is 62.7 cm³/mol. The second-order valence-electron chi connectivity index (χ2n) is 3.22. The fourth-order valence-corrected chi connectivity index (χ4v) is 1.34. The average molecular weight is 250 g/mol. The van der Waals surface area contributed by atoms with E-state index in [1.807, 2.05) is 0 Å². The summed E-state index contributed by atoms with van der Waals surface area (Å²) in [6.07, 6.45) is 0. The Morgan fingerprint density at radius 1 is 1.18 bits per heavy atom. The number of benzene rings is 1. The third-order valence-corrected chi connectivity index (χ3v) is 2.23. The van der Waals surface area contributed by atoms with Gasteiger partial charge in [0.25, 0.3) is 0 Å². The van der Waals surface area contributed by atoms with E-state index in [-0.39, 0.29) is 11.6 Å². The van der Waals surface area contributed by atoms with Crippen LogP contribution >= 0.6 is 11.6 Å². The van der Waals surface area contributed by atoms with Gasteiger partial charge in [-0.1, -0.05) is 17.7 Å². The fraction of sp³-hybridized carbons (Fsp3) is 0. The Kier molecular flexibility index (Phi) is 3.25. The van der Waals surface area contributed by atoms with E-state index in [4.69, 9.17) is 21.4 Å². The van der Waals surface area contributed by atoms with Gasteiger partial charge >= 0.3 is 5.97 Å². The maximum Gasteiger partial charge on any atom is 0.354 e. The highest BCUT2D eigenvalue weighted by atomic mass is 35.5. The first-order valence-corrected chi connectivity index (χ1v) is 5.17. The molecule has 0 fully saturated rings. The van der Waals surface area contributed by atoms with Crippen LogP contribution in [0.3, 0.4) is 0 Å². The molecule has 1 N–H and O–H groups in total. The maximum atomic E-state index is 10.7. The number of carboxylic acid groups (broad SMARTS) is 1. The van der Waals surface area contributed by atoms with E-state index in [1.54, 1.807) is 36.4 Å². The summed E-state index contributed by atoms with van der Waals surface area (Å²) in [6, 6.07) is 11.3. The Morgan fingerprint density at radius 3 is 2.53 bits per heavy atom. The molecule has 0 aliphatic rings. The fourth-order valence-electron chi connectivity index (χ4n) is 1.21. The number of aromatic nitrogens is 1. The number of carboxylic acids is 1. The standard InChI is InChI=1S/C12H8ClNO3/c13-8-4-6-9(7-5-8)17-11-3-1-2-10(14-11)12(15)16/h1-7H,(H,15,16). The first-order valence-electron chi connectivity index (χ1n) is 4.79. The number of nitrogens with zero attached hydrogens (tertiary/aromatic N) is 1. The molecule has 0 aliphatic carbocycles. The molecule has 2 rings (SSSR count). The van der Waals surface area contributed by atoms with E-state index >= 15 is 0 Å². The zero-order chi connectivity index (χ0) is 12.3. The van der Waals surface area contributed by atoms with Gasteiger partial charge in [0, 0.05) is 11.1 Å². The van der Waals surface area contributed by atoms with Crippen LogP contribution in [0.5, 0.6) is 11.6 Å². The number of rotatable bonds is 3. The maximum absolute atomic E-state index is 10.7. The first kappa shape index (κ1) is 11.4. The van der Waals surface area contributed by atoms with Crippen molar-refractivity contribution in [2.45, 2.75) is 0 Å². The van der Waals surface area contributed by atoms with Crippen LogP contribution in [0.1, 0.15) is 10.5 Å². The summed E-state index contributed by atoms with van der Waals surface area (Å²) in [5.74, 6) is -0.316. The van der Waals surface area contributed by atoms with Gasteiger partial charge in [-0.05, 0) is 30.3 Å². The van der Waals surface area contributed by atoms with Crippen LogP contribution in [0.25, 0.3) is 0 Å². The smallest absolute Gasteiger partial charge is 0.354 e. The summed E-state index contributed by atoms with van der Waals surface area (Å²) in [5, 5.41) is 9.38. The van der Waals surface area contributed by atoms with Crippen molar-refractivity contribution in [1.29, 1.82) is 0 Å². The van der Waals surface area contributed by atoms with E-state index < -0.39 is 5.97 Å². The molecule has 1 aromatic carbocycles. The van der Waals surface area contributed by atoms with Crippen molar-refractivity contribution in [2.75, 3.05) is 0 Å². The summed E-state index contributed by atoms with van der Waals surface area (Å²) in [4.78, 5) is 14.5. The first-order chi connectivity index (χ1) is 8.15. The Labute approximate surface area is 102 Å². The lowest BCUT2D eigenvalue weighted by Crippen LogP contribution is -2.00. The van der Waals surface area contributed by atoms with Crippen molar-refractivity contribution in [1.82, 2.24) is 4.98 Å². The van der Waals surface area contributed by atoms with Crippen LogP contribution in [0.4, 0.5) is 0 Å². The van der Waals surface area contributed by atoms with Crippen LogP contribution in [0.2, 0.25) is 5.02 Å². The third kappa shape index (κ3) is 2.95. The molecule has 1 aromatic heterocycles. The van der Waals surface area contributed by atoms with Crippen LogP contribution < -0.4 is 4.74 Å². The summed E-state index contributed by atoms with van der Waals surface area (Å²) >= 11 is 5.73. The van der Waals surface area contributed by atoms with Crippen LogP contribution in [-0.2, 0) is 0 Å². The molecular weight excluding hydrogens is 242 g/mol. The zero-order valence-corrected chi connectivity index (χ0v) is 9.39. The highest BCUT2D eigenvalue weighted by Crippen LogP contribution is 2.21. The number of hydrogen-bond acceptors (Lipinski definition) is 3. The molecule has 2 aromatic rings. The molecule has 0 radical (unpaired) electrons. The second kappa shape index (κ2) is 4.84. The largest absolute Gasteiger partial charge is 0.477 e. The molecule has 0 spiro atoms. The third-order valence-electron chi connectivity index (χ3n) is 1.98. The molecule has 4 nitrogen and oxygen atoms in total. The molecule has 0 saturated heterocycles. The minimum absolute atomic E-state index is 0.0588. The number of hydrogen-bond donors (Lipinski definition) is 1. The van der Waals surface area contributed by atoms with Crippen molar-refractivity contribution in [3.8, 4) is 11.6 Å². The van der Waals surface area contributed by atoms with Gasteiger partial charge in [-0.2, -0.15) is 0 Å². The van der Waals surface area contributed by atoms with Crippen molar-refractivity contribution in [3.05, 3.63) is 53.2 Å². The number of ether oxygens (including phenoxy) is 1. The van der Waals surface area contributed by atoms with E-state index in [1.165, 1.54) is 6.07 Å². The number of carbonyl (C=O) groups is 1. The van der Waals surface area contributed by atoms with Gasteiger partial charge in [0.15, 0.2) is 5.69 Å². The van der Waals surface area contributed by atoms with Crippen LogP contribution in [0, 0.1) is 0 Å². The van der Waals surface area contributed by atoms with Gasteiger partial charge in [0.05, 0.1) is 0 Å². The zero-order valence-electron chi connectivity index (χ0n) is 8.63. The quantitative estimate of drug-likeness (QED) is 0.907. The van der Waals surface area contributed by atoms with Gasteiger partial charge in [0.2, 0.25) is 5.88 Å². The van der Waals surface area contributed by atoms with Gasteiger partial charge in [0.1, 0.15) is 5.75 Å². The topological polar surface area (TPSA) is 59.4 Å². The molecule has 0 amide bonds. The minimum Gasteiger partial charge on any atom is -0.477 e. The Bertz CT molecular complexity index is 540. The monoisotopic (exact) mass is 249 g/mol. The molecule has 0 bridgehead atoms. The molecular formula is C12H8ClNO3. The Balaban J connectivity index is 2.21. The lowest BCUT2D eigenvalue weighted by Gasteiger charge is -2.04. The van der Waals surface area contributed by atoms with Gasteiger partial charge < -0.3 is 9.84 Å². The molecule has 1 heterocycles. The van der Waals surface area contributed by atoms with Crippen LogP contribution in [-0.4, -0.2) is 16.1 Å². The molecule has 5 heteroatoms. The summed E-state index contributed by atoms with van der Waals surface area (Å²) in [6.45, 7) is 0. The number of halogens is 1. The molecule has 0 atom stereocenters. The van der Waals surface area contributed by atoms with Crippen molar-refractivity contribution in [2.24, 2.45) is 0 Å². The van der Waals surface area contributed by atoms with E-state index in [2.05, 4.69) is 4.98 Å². The minimum atomic E-state index is -1.09. The normalized spacial score (nSPS) is 9.94. The van der Waals surface area contributed by atoms with E-state index in [0.29, 0.717) is 10.8 Å². The highest BCUT2D eigenvalue weighted by molar-refractivity contribution is 6.30. The van der Waals surface area contributed by atoms with Gasteiger partial charge in [-0.3, -0.25) is 0 Å².